The van der Waals surface area contributed by atoms with Gasteiger partial charge in [-0.05, 0) is 83.5 Å². The number of esters is 3. The van der Waals surface area contributed by atoms with Crippen molar-refractivity contribution in [1.29, 1.82) is 0 Å². The first-order chi connectivity index (χ1) is 28.5. The molecule has 0 heterocycles. The van der Waals surface area contributed by atoms with E-state index in [1.54, 1.807) is 6.08 Å². The Morgan fingerprint density at radius 1 is 0.379 bits per heavy atom. The topological polar surface area (TPSA) is 78.9 Å². The Balaban J connectivity index is 4.59. The first kappa shape index (κ1) is 53.6. The summed E-state index contributed by atoms with van der Waals surface area (Å²) in [5.74, 6) is -1.19. The van der Waals surface area contributed by atoms with Crippen LogP contribution in [0.5, 0.6) is 0 Å². The number of carbonyl (C=O) groups is 3. The second-order valence-corrected chi connectivity index (χ2v) is 13.9. The summed E-state index contributed by atoms with van der Waals surface area (Å²) in [7, 11) is 0. The molecule has 0 aliphatic carbocycles. The number of rotatable bonds is 37. The van der Waals surface area contributed by atoms with E-state index in [2.05, 4.69) is 130 Å². The molecule has 0 saturated carbocycles. The van der Waals surface area contributed by atoms with Gasteiger partial charge in [0.15, 0.2) is 6.10 Å². The van der Waals surface area contributed by atoms with E-state index in [9.17, 15) is 14.4 Å². The number of hydrogen-bond donors (Lipinski definition) is 0. The maximum atomic E-state index is 12.7. The largest absolute Gasteiger partial charge is 0.462 e. The average molecular weight is 799 g/mol. The van der Waals surface area contributed by atoms with E-state index in [-0.39, 0.29) is 44.4 Å². The van der Waals surface area contributed by atoms with Gasteiger partial charge in [0.05, 0.1) is 6.42 Å². The third-order valence-corrected chi connectivity index (χ3v) is 8.49. The number of ether oxygens (including phenoxy) is 3. The SMILES string of the molecule is CC\C=C/C=C\C=C/CCCCCCCCCC(=O)OC(COC(=O)C/C=C\C/C=C\C/C=C\CC)COC(=O)CC/C=C\C/C=C\C/C=C\C/C=C\C/C=C\CC. The van der Waals surface area contributed by atoms with Gasteiger partial charge in [-0.2, -0.15) is 0 Å². The van der Waals surface area contributed by atoms with Gasteiger partial charge >= 0.3 is 17.9 Å². The molecule has 6 nitrogen and oxygen atoms in total. The molecular weight excluding hydrogens is 721 g/mol. The van der Waals surface area contributed by atoms with Crippen molar-refractivity contribution in [3.05, 3.63) is 134 Å². The Morgan fingerprint density at radius 2 is 0.810 bits per heavy atom. The van der Waals surface area contributed by atoms with Gasteiger partial charge in [0, 0.05) is 12.8 Å². The predicted octanol–water partition coefficient (Wildman–Crippen LogP) is 14.4. The molecule has 0 aliphatic heterocycles. The molecule has 6 heteroatoms. The molecule has 0 bridgehead atoms. The van der Waals surface area contributed by atoms with Crippen molar-refractivity contribution < 1.29 is 28.6 Å². The van der Waals surface area contributed by atoms with E-state index in [4.69, 9.17) is 14.2 Å². The van der Waals surface area contributed by atoms with Crippen LogP contribution in [0.2, 0.25) is 0 Å². The number of hydrogen-bond acceptors (Lipinski definition) is 6. The minimum atomic E-state index is -0.852. The Morgan fingerprint density at radius 3 is 1.34 bits per heavy atom. The molecule has 0 aromatic heterocycles. The van der Waals surface area contributed by atoms with Crippen molar-refractivity contribution in [2.24, 2.45) is 0 Å². The lowest BCUT2D eigenvalue weighted by Crippen LogP contribution is -2.30. The monoisotopic (exact) mass is 799 g/mol. The fraction of sp³-hybridized carbons (Fsp3) is 0.519. The van der Waals surface area contributed by atoms with Crippen molar-refractivity contribution in [1.82, 2.24) is 0 Å². The van der Waals surface area contributed by atoms with Crippen LogP contribution in [0.25, 0.3) is 0 Å². The van der Waals surface area contributed by atoms with Crippen LogP contribution in [-0.4, -0.2) is 37.2 Å². The Kier molecular flexibility index (Phi) is 41.8. The van der Waals surface area contributed by atoms with Gasteiger partial charge in [0.2, 0.25) is 0 Å². The summed E-state index contributed by atoms with van der Waals surface area (Å²) >= 11 is 0. The first-order valence-corrected chi connectivity index (χ1v) is 22.2. The van der Waals surface area contributed by atoms with E-state index < -0.39 is 12.1 Å². The third-order valence-electron chi connectivity index (χ3n) is 8.49. The van der Waals surface area contributed by atoms with E-state index in [1.165, 1.54) is 19.3 Å². The molecular formula is C52H78O6. The van der Waals surface area contributed by atoms with Crippen molar-refractivity contribution in [2.45, 2.75) is 162 Å². The summed E-state index contributed by atoms with van der Waals surface area (Å²) in [5.41, 5.74) is 0. The summed E-state index contributed by atoms with van der Waals surface area (Å²) in [6, 6.07) is 0. The molecule has 0 aromatic carbocycles. The smallest absolute Gasteiger partial charge is 0.309 e. The summed E-state index contributed by atoms with van der Waals surface area (Å²) in [5, 5.41) is 0. The van der Waals surface area contributed by atoms with Gasteiger partial charge in [0.25, 0.3) is 0 Å². The maximum Gasteiger partial charge on any atom is 0.309 e. The average Bonchev–Trinajstić information content (AvgIpc) is 3.22. The zero-order chi connectivity index (χ0) is 42.3. The quantitative estimate of drug-likeness (QED) is 0.0205. The molecule has 0 saturated heterocycles. The molecule has 0 radical (unpaired) electrons. The molecule has 0 aliphatic rings. The molecule has 0 rings (SSSR count). The highest BCUT2D eigenvalue weighted by molar-refractivity contribution is 5.72. The number of allylic oxidation sites excluding steroid dienone is 21. The van der Waals surface area contributed by atoms with Gasteiger partial charge in [0.1, 0.15) is 13.2 Å². The third kappa shape index (κ3) is 42.7. The zero-order valence-corrected chi connectivity index (χ0v) is 36.5. The molecule has 0 amide bonds. The van der Waals surface area contributed by atoms with Gasteiger partial charge < -0.3 is 14.2 Å². The highest BCUT2D eigenvalue weighted by Crippen LogP contribution is 2.12. The summed E-state index contributed by atoms with van der Waals surface area (Å²) < 4.78 is 16.5. The summed E-state index contributed by atoms with van der Waals surface area (Å²) in [6.45, 7) is 6.06. The molecule has 0 aromatic rings. The van der Waals surface area contributed by atoms with Crippen LogP contribution in [0, 0.1) is 0 Å². The normalized spacial score (nSPS) is 13.4. The highest BCUT2D eigenvalue weighted by Gasteiger charge is 2.19. The molecule has 322 valence electrons. The van der Waals surface area contributed by atoms with Crippen molar-refractivity contribution in [3.63, 3.8) is 0 Å². The minimum absolute atomic E-state index is 0.113. The van der Waals surface area contributed by atoms with Crippen LogP contribution in [0.4, 0.5) is 0 Å². The zero-order valence-electron chi connectivity index (χ0n) is 36.5. The van der Waals surface area contributed by atoms with Gasteiger partial charge in [-0.25, -0.2) is 0 Å². The van der Waals surface area contributed by atoms with Gasteiger partial charge in [-0.3, -0.25) is 14.4 Å². The maximum absolute atomic E-state index is 12.7. The molecule has 58 heavy (non-hydrogen) atoms. The van der Waals surface area contributed by atoms with Crippen molar-refractivity contribution >= 4 is 17.9 Å². The van der Waals surface area contributed by atoms with Crippen LogP contribution >= 0.6 is 0 Å². The molecule has 1 atom stereocenters. The molecule has 0 fully saturated rings. The van der Waals surface area contributed by atoms with E-state index in [0.717, 1.165) is 89.9 Å². The number of unbranched alkanes of at least 4 members (excludes halogenated alkanes) is 7. The molecule has 1 unspecified atom stereocenters. The Bertz CT molecular complexity index is 1330. The predicted molar refractivity (Wildman–Crippen MR) is 246 cm³/mol. The Labute approximate surface area is 354 Å². The second-order valence-electron chi connectivity index (χ2n) is 13.9. The van der Waals surface area contributed by atoms with Crippen LogP contribution < -0.4 is 0 Å². The van der Waals surface area contributed by atoms with E-state index in [1.807, 2.05) is 18.2 Å². The van der Waals surface area contributed by atoms with Crippen LogP contribution in [0.15, 0.2) is 134 Å². The van der Waals surface area contributed by atoms with E-state index in [0.29, 0.717) is 6.42 Å². The first-order valence-electron chi connectivity index (χ1n) is 22.2. The Hall–Kier alpha value is -4.45. The second kappa shape index (κ2) is 45.3. The van der Waals surface area contributed by atoms with E-state index >= 15 is 0 Å². The van der Waals surface area contributed by atoms with Crippen LogP contribution in [0.3, 0.4) is 0 Å². The highest BCUT2D eigenvalue weighted by atomic mass is 16.6. The number of carbonyl (C=O) groups excluding carboxylic acids is 3. The van der Waals surface area contributed by atoms with Crippen molar-refractivity contribution in [3.8, 4) is 0 Å². The fourth-order valence-corrected chi connectivity index (χ4v) is 5.26. The minimum Gasteiger partial charge on any atom is -0.462 e. The lowest BCUT2D eigenvalue weighted by molar-refractivity contribution is -0.166. The summed E-state index contributed by atoms with van der Waals surface area (Å²) in [4.78, 5) is 37.6. The lowest BCUT2D eigenvalue weighted by Gasteiger charge is -2.18. The van der Waals surface area contributed by atoms with Gasteiger partial charge in [-0.1, -0.05) is 187 Å². The standard InChI is InChI=1S/C52H78O6/c1-4-7-10-13-16-19-21-23-25-27-28-30-33-36-39-42-45-51(54)57-48-49(47-56-50(53)44-41-38-35-32-18-15-12-9-6-3)58-52(55)46-43-40-37-34-31-29-26-24-22-20-17-14-11-8-5-2/h7-12,14,16-20,22-23,25,28,30,32,36,38-39,41,49H,4-6,13,15,21,24,26-27,29,31,33-35,37,40,42-48H2,1-3H3/b10-7-,11-8-,12-9-,17-14-,19-16-,22-20-,25-23-,30-28-,32-18-,39-36-,41-38-. The molecule has 0 spiro atoms. The van der Waals surface area contributed by atoms with Crippen molar-refractivity contribution in [2.75, 3.05) is 13.2 Å². The van der Waals surface area contributed by atoms with Crippen LogP contribution in [-0.2, 0) is 28.6 Å². The lowest BCUT2D eigenvalue weighted by atomic mass is 10.1. The van der Waals surface area contributed by atoms with Gasteiger partial charge in [-0.15, -0.1) is 0 Å². The van der Waals surface area contributed by atoms with Crippen LogP contribution in [0.1, 0.15) is 156 Å². The fourth-order valence-electron chi connectivity index (χ4n) is 5.26. The molecule has 0 N–H and O–H groups in total. The summed E-state index contributed by atoms with van der Waals surface area (Å²) in [6.07, 6.45) is 63.4.